The minimum Gasteiger partial charge on any atom is -0.495 e. The van der Waals surface area contributed by atoms with Crippen molar-refractivity contribution in [3.8, 4) is 5.75 Å². The number of methoxy groups -OCH3 is 1. The summed E-state index contributed by atoms with van der Waals surface area (Å²) < 4.78 is 5.49. The van der Waals surface area contributed by atoms with Crippen LogP contribution in [-0.2, 0) is 0 Å². The molecule has 0 bridgehead atoms. The number of anilines is 2. The van der Waals surface area contributed by atoms with Gasteiger partial charge in [-0.25, -0.2) is 0 Å². The molecule has 0 atom stereocenters. The molecule has 1 aliphatic rings. The summed E-state index contributed by atoms with van der Waals surface area (Å²) in [6, 6.07) is 16.2. The number of rotatable bonds is 3. The summed E-state index contributed by atoms with van der Waals surface area (Å²) in [6.45, 7) is 3.55. The van der Waals surface area contributed by atoms with Crippen molar-refractivity contribution >= 4 is 33.9 Å². The molecule has 0 N–H and O–H groups in total. The van der Waals surface area contributed by atoms with Gasteiger partial charge in [-0.1, -0.05) is 48.0 Å². The highest BCUT2D eigenvalue weighted by molar-refractivity contribution is 6.34. The second kappa shape index (κ2) is 6.76. The van der Waals surface area contributed by atoms with Crippen LogP contribution in [0.5, 0.6) is 5.75 Å². The first-order valence-corrected chi connectivity index (χ1v) is 8.69. The minimum atomic E-state index is 0.451. The lowest BCUT2D eigenvalue weighted by atomic mass is 10.1. The number of halogens is 1. The fraction of sp³-hybridized carbons (Fsp3) is 0.263. The summed E-state index contributed by atoms with van der Waals surface area (Å²) in [5, 5.41) is 10.9. The monoisotopic (exact) mass is 354 g/mol. The molecule has 128 valence electrons. The van der Waals surface area contributed by atoms with Crippen LogP contribution in [0, 0.1) is 0 Å². The Morgan fingerprint density at radius 3 is 2.24 bits per heavy atom. The van der Waals surface area contributed by atoms with E-state index in [1.807, 2.05) is 36.4 Å². The molecular formula is C19H19ClN4O. The molecule has 1 aromatic heterocycles. The largest absolute Gasteiger partial charge is 0.495 e. The molecule has 0 radical (unpaired) electrons. The molecular weight excluding hydrogens is 336 g/mol. The van der Waals surface area contributed by atoms with Gasteiger partial charge in [0.25, 0.3) is 0 Å². The van der Waals surface area contributed by atoms with E-state index < -0.39 is 0 Å². The standard InChI is InChI=1S/C19H19ClN4O/c1-25-17-9-5-4-8-16(17)23-10-12-24(13-11-23)19-15-7-3-2-6-14(15)18(20)21-22-19/h2-9H,10-13H2,1H3. The summed E-state index contributed by atoms with van der Waals surface area (Å²) >= 11 is 6.19. The molecule has 4 rings (SSSR count). The van der Waals surface area contributed by atoms with Crippen molar-refractivity contribution in [1.29, 1.82) is 0 Å². The highest BCUT2D eigenvalue weighted by Gasteiger charge is 2.22. The van der Waals surface area contributed by atoms with Crippen molar-refractivity contribution in [3.63, 3.8) is 0 Å². The van der Waals surface area contributed by atoms with Crippen LogP contribution in [0.15, 0.2) is 48.5 Å². The second-order valence-corrected chi connectivity index (χ2v) is 6.36. The van der Waals surface area contributed by atoms with Crippen LogP contribution in [-0.4, -0.2) is 43.5 Å². The molecule has 0 unspecified atom stereocenters. The molecule has 0 aliphatic carbocycles. The molecule has 1 fully saturated rings. The molecule has 0 spiro atoms. The fourth-order valence-electron chi connectivity index (χ4n) is 3.34. The Morgan fingerprint density at radius 1 is 0.840 bits per heavy atom. The van der Waals surface area contributed by atoms with Crippen molar-refractivity contribution in [2.75, 3.05) is 43.1 Å². The van der Waals surface area contributed by atoms with E-state index in [4.69, 9.17) is 16.3 Å². The average Bonchev–Trinajstić information content (AvgIpc) is 2.69. The van der Waals surface area contributed by atoms with Gasteiger partial charge in [0.2, 0.25) is 0 Å². The van der Waals surface area contributed by atoms with Crippen LogP contribution in [0.2, 0.25) is 5.15 Å². The zero-order valence-electron chi connectivity index (χ0n) is 14.0. The highest BCUT2D eigenvalue weighted by Crippen LogP contribution is 2.31. The van der Waals surface area contributed by atoms with Gasteiger partial charge in [-0.05, 0) is 12.1 Å². The number of benzene rings is 2. The predicted molar refractivity (Wildman–Crippen MR) is 102 cm³/mol. The van der Waals surface area contributed by atoms with E-state index in [2.05, 4.69) is 32.1 Å². The molecule has 1 aliphatic heterocycles. The Hall–Kier alpha value is -2.53. The lowest BCUT2D eigenvalue weighted by Crippen LogP contribution is -2.47. The lowest BCUT2D eigenvalue weighted by Gasteiger charge is -2.37. The minimum absolute atomic E-state index is 0.451. The van der Waals surface area contributed by atoms with Gasteiger partial charge < -0.3 is 14.5 Å². The maximum absolute atomic E-state index is 6.19. The average molecular weight is 355 g/mol. The van der Waals surface area contributed by atoms with Crippen molar-refractivity contribution in [1.82, 2.24) is 10.2 Å². The number of ether oxygens (including phenoxy) is 1. The molecule has 0 amide bonds. The number of aromatic nitrogens is 2. The van der Waals surface area contributed by atoms with Crippen LogP contribution in [0.25, 0.3) is 10.8 Å². The molecule has 0 saturated carbocycles. The van der Waals surface area contributed by atoms with Gasteiger partial charge in [-0.3, -0.25) is 0 Å². The van der Waals surface area contributed by atoms with Gasteiger partial charge in [-0.15, -0.1) is 10.2 Å². The van der Waals surface area contributed by atoms with Crippen molar-refractivity contribution in [2.24, 2.45) is 0 Å². The van der Waals surface area contributed by atoms with Crippen LogP contribution in [0.1, 0.15) is 0 Å². The van der Waals surface area contributed by atoms with Crippen LogP contribution < -0.4 is 14.5 Å². The summed E-state index contributed by atoms with van der Waals surface area (Å²) in [6.07, 6.45) is 0. The molecule has 3 aromatic rings. The molecule has 6 heteroatoms. The second-order valence-electron chi connectivity index (χ2n) is 6.01. The third kappa shape index (κ3) is 2.96. The van der Waals surface area contributed by atoms with Crippen LogP contribution in [0.4, 0.5) is 11.5 Å². The van der Waals surface area contributed by atoms with Crippen molar-refractivity contribution in [2.45, 2.75) is 0 Å². The molecule has 2 aromatic carbocycles. The lowest BCUT2D eigenvalue weighted by molar-refractivity contribution is 0.413. The topological polar surface area (TPSA) is 41.5 Å². The van der Waals surface area contributed by atoms with Crippen molar-refractivity contribution < 1.29 is 4.74 Å². The zero-order valence-corrected chi connectivity index (χ0v) is 14.8. The van der Waals surface area contributed by atoms with Crippen molar-refractivity contribution in [3.05, 3.63) is 53.7 Å². The van der Waals surface area contributed by atoms with Gasteiger partial charge in [0.15, 0.2) is 11.0 Å². The SMILES string of the molecule is COc1ccccc1N1CCN(c2nnc(Cl)c3ccccc23)CC1. The van der Waals surface area contributed by atoms with Gasteiger partial charge in [0.1, 0.15) is 5.75 Å². The number of hydrogen-bond acceptors (Lipinski definition) is 5. The molecule has 1 saturated heterocycles. The van der Waals surface area contributed by atoms with Crippen LogP contribution in [0.3, 0.4) is 0 Å². The van der Waals surface area contributed by atoms with Gasteiger partial charge >= 0.3 is 0 Å². The first-order valence-electron chi connectivity index (χ1n) is 8.32. The van der Waals surface area contributed by atoms with E-state index >= 15 is 0 Å². The maximum atomic E-state index is 6.19. The summed E-state index contributed by atoms with van der Waals surface area (Å²) in [7, 11) is 1.71. The van der Waals surface area contributed by atoms with Gasteiger partial charge in [-0.2, -0.15) is 0 Å². The normalized spacial score (nSPS) is 14.8. The van der Waals surface area contributed by atoms with E-state index in [0.717, 1.165) is 54.2 Å². The van der Waals surface area contributed by atoms with E-state index in [9.17, 15) is 0 Å². The quantitative estimate of drug-likeness (QED) is 0.718. The highest BCUT2D eigenvalue weighted by atomic mass is 35.5. The third-order valence-electron chi connectivity index (χ3n) is 4.63. The van der Waals surface area contributed by atoms with E-state index in [-0.39, 0.29) is 0 Å². The maximum Gasteiger partial charge on any atom is 0.159 e. The molecule has 5 nitrogen and oxygen atoms in total. The first-order chi connectivity index (χ1) is 12.3. The summed E-state index contributed by atoms with van der Waals surface area (Å²) in [4.78, 5) is 4.62. The number of piperazine rings is 1. The summed E-state index contributed by atoms with van der Waals surface area (Å²) in [5.74, 6) is 1.81. The van der Waals surface area contributed by atoms with Crippen LogP contribution >= 0.6 is 11.6 Å². The Labute approximate surface area is 151 Å². The number of nitrogens with zero attached hydrogens (tertiary/aromatic N) is 4. The Kier molecular flexibility index (Phi) is 4.32. The third-order valence-corrected chi connectivity index (χ3v) is 4.91. The van der Waals surface area contributed by atoms with Gasteiger partial charge in [0, 0.05) is 37.0 Å². The number of para-hydroxylation sites is 2. The fourth-order valence-corrected chi connectivity index (χ4v) is 3.54. The molecule has 25 heavy (non-hydrogen) atoms. The number of fused-ring (bicyclic) bond motifs is 1. The zero-order chi connectivity index (χ0) is 17.2. The van der Waals surface area contributed by atoms with Gasteiger partial charge in [0.05, 0.1) is 12.8 Å². The first kappa shape index (κ1) is 16.0. The van der Waals surface area contributed by atoms with E-state index in [1.54, 1.807) is 7.11 Å². The smallest absolute Gasteiger partial charge is 0.159 e. The molecule has 2 heterocycles. The Bertz CT molecular complexity index is 893. The summed E-state index contributed by atoms with van der Waals surface area (Å²) in [5.41, 5.74) is 1.14. The Balaban J connectivity index is 1.58. The predicted octanol–water partition coefficient (Wildman–Crippen LogP) is 3.62. The van der Waals surface area contributed by atoms with E-state index in [0.29, 0.717) is 5.15 Å². The Morgan fingerprint density at radius 2 is 1.48 bits per heavy atom. The number of hydrogen-bond donors (Lipinski definition) is 0. The van der Waals surface area contributed by atoms with E-state index in [1.165, 1.54) is 0 Å².